The SMILES string of the molecule is O=C(CSc1nnc(N2CCCC2)n1Cc1ccco1)N(c1ccccc1)C1CCCCC1. The Morgan fingerprint density at radius 2 is 1.79 bits per heavy atom. The summed E-state index contributed by atoms with van der Waals surface area (Å²) in [7, 11) is 0. The smallest absolute Gasteiger partial charge is 0.237 e. The summed E-state index contributed by atoms with van der Waals surface area (Å²) >= 11 is 1.47. The average Bonchev–Trinajstić information content (AvgIpc) is 3.63. The van der Waals surface area contributed by atoms with E-state index in [0.717, 1.165) is 48.5 Å². The number of furan rings is 1. The summed E-state index contributed by atoms with van der Waals surface area (Å²) in [6.45, 7) is 2.54. The number of amides is 1. The molecule has 2 fully saturated rings. The average molecular weight is 466 g/mol. The standard InChI is InChI=1S/C25H31N5O2S/c31-23(30(20-10-3-1-4-11-20)21-12-5-2-6-13-21)19-33-25-27-26-24(28-15-7-8-16-28)29(25)18-22-14-9-17-32-22/h1,3-4,9-11,14,17,21H,2,5-8,12-13,15-16,18-19H2. The molecule has 1 saturated heterocycles. The Morgan fingerprint density at radius 1 is 1.00 bits per heavy atom. The minimum Gasteiger partial charge on any atom is -0.467 e. The predicted octanol–water partition coefficient (Wildman–Crippen LogP) is 4.98. The van der Waals surface area contributed by atoms with Gasteiger partial charge in [-0.25, -0.2) is 0 Å². The highest BCUT2D eigenvalue weighted by molar-refractivity contribution is 7.99. The van der Waals surface area contributed by atoms with Crippen molar-refractivity contribution in [2.45, 2.75) is 62.7 Å². The van der Waals surface area contributed by atoms with Crippen LogP contribution in [0.15, 0.2) is 58.3 Å². The first-order valence-corrected chi connectivity index (χ1v) is 13.0. The van der Waals surface area contributed by atoms with Crippen LogP contribution in [0, 0.1) is 0 Å². The van der Waals surface area contributed by atoms with Crippen LogP contribution in [0.1, 0.15) is 50.7 Å². The molecule has 2 aromatic heterocycles. The van der Waals surface area contributed by atoms with Gasteiger partial charge in [-0.1, -0.05) is 49.2 Å². The molecule has 33 heavy (non-hydrogen) atoms. The third-order valence-electron chi connectivity index (χ3n) is 6.55. The van der Waals surface area contributed by atoms with Crippen LogP contribution in [0.2, 0.25) is 0 Å². The molecule has 8 heteroatoms. The second-order valence-electron chi connectivity index (χ2n) is 8.82. The quantitative estimate of drug-likeness (QED) is 0.437. The predicted molar refractivity (Wildman–Crippen MR) is 131 cm³/mol. The third kappa shape index (κ3) is 5.11. The molecular formula is C25H31N5O2S. The van der Waals surface area contributed by atoms with Crippen molar-refractivity contribution in [2.75, 3.05) is 28.6 Å². The highest BCUT2D eigenvalue weighted by Crippen LogP contribution is 2.30. The van der Waals surface area contributed by atoms with Crippen LogP contribution in [0.3, 0.4) is 0 Å². The second kappa shape index (κ2) is 10.5. The maximum absolute atomic E-state index is 13.5. The number of thioether (sulfide) groups is 1. The lowest BCUT2D eigenvalue weighted by Crippen LogP contribution is -2.42. The number of carbonyl (C=O) groups excluding carboxylic acids is 1. The van der Waals surface area contributed by atoms with Crippen LogP contribution in [0.4, 0.5) is 11.6 Å². The number of hydrogen-bond donors (Lipinski definition) is 0. The summed E-state index contributed by atoms with van der Waals surface area (Å²) in [4.78, 5) is 17.8. The van der Waals surface area contributed by atoms with Crippen LogP contribution >= 0.6 is 11.8 Å². The lowest BCUT2D eigenvalue weighted by atomic mass is 9.93. The molecule has 0 atom stereocenters. The second-order valence-corrected chi connectivity index (χ2v) is 9.76. The largest absolute Gasteiger partial charge is 0.467 e. The Balaban J connectivity index is 1.35. The molecule has 0 radical (unpaired) electrons. The fourth-order valence-corrected chi connectivity index (χ4v) is 5.71. The van der Waals surface area contributed by atoms with E-state index in [1.54, 1.807) is 6.26 Å². The van der Waals surface area contributed by atoms with Gasteiger partial charge in [0, 0.05) is 24.8 Å². The van der Waals surface area contributed by atoms with Gasteiger partial charge in [-0.15, -0.1) is 10.2 Å². The maximum Gasteiger partial charge on any atom is 0.237 e. The van der Waals surface area contributed by atoms with E-state index in [-0.39, 0.29) is 11.9 Å². The number of para-hydroxylation sites is 1. The summed E-state index contributed by atoms with van der Waals surface area (Å²) in [5.41, 5.74) is 0.991. The molecule has 1 aromatic carbocycles. The molecular weight excluding hydrogens is 434 g/mol. The lowest BCUT2D eigenvalue weighted by Gasteiger charge is -2.34. The number of hydrogen-bond acceptors (Lipinski definition) is 6. The van der Waals surface area contributed by atoms with Gasteiger partial charge >= 0.3 is 0 Å². The molecule has 0 spiro atoms. The molecule has 3 aromatic rings. The number of nitrogens with zero attached hydrogens (tertiary/aromatic N) is 5. The van der Waals surface area contributed by atoms with E-state index >= 15 is 0 Å². The molecule has 1 aliphatic heterocycles. The van der Waals surface area contributed by atoms with Crippen molar-refractivity contribution in [2.24, 2.45) is 0 Å². The van der Waals surface area contributed by atoms with Crippen LogP contribution in [-0.2, 0) is 11.3 Å². The van der Waals surface area contributed by atoms with E-state index in [9.17, 15) is 4.79 Å². The zero-order valence-corrected chi connectivity index (χ0v) is 19.8. The van der Waals surface area contributed by atoms with Gasteiger partial charge in [0.1, 0.15) is 5.76 Å². The molecule has 0 bridgehead atoms. The Morgan fingerprint density at radius 3 is 2.52 bits per heavy atom. The first-order chi connectivity index (χ1) is 16.3. The zero-order valence-electron chi connectivity index (χ0n) is 18.9. The van der Waals surface area contributed by atoms with E-state index < -0.39 is 0 Å². The Kier molecular flexibility index (Phi) is 7.00. The Bertz CT molecular complexity index is 1020. The van der Waals surface area contributed by atoms with E-state index in [2.05, 4.69) is 19.7 Å². The number of anilines is 2. The minimum absolute atomic E-state index is 0.133. The normalized spacial score (nSPS) is 16.9. The highest BCUT2D eigenvalue weighted by atomic mass is 32.2. The zero-order chi connectivity index (χ0) is 22.5. The topological polar surface area (TPSA) is 67.4 Å². The fraction of sp³-hybridized carbons (Fsp3) is 0.480. The third-order valence-corrected chi connectivity index (χ3v) is 7.50. The summed E-state index contributed by atoms with van der Waals surface area (Å²) in [6, 6.07) is 14.2. The van der Waals surface area contributed by atoms with E-state index in [1.165, 1.54) is 43.9 Å². The van der Waals surface area contributed by atoms with Crippen molar-refractivity contribution in [1.29, 1.82) is 0 Å². The maximum atomic E-state index is 13.5. The molecule has 7 nitrogen and oxygen atoms in total. The van der Waals surface area contributed by atoms with Crippen molar-refractivity contribution in [3.05, 3.63) is 54.5 Å². The monoisotopic (exact) mass is 465 g/mol. The molecule has 1 aliphatic carbocycles. The first kappa shape index (κ1) is 22.1. The summed E-state index contributed by atoms with van der Waals surface area (Å²) < 4.78 is 7.69. The van der Waals surface area contributed by atoms with Gasteiger partial charge in [0.25, 0.3) is 0 Å². The van der Waals surface area contributed by atoms with Crippen LogP contribution in [0.5, 0.6) is 0 Å². The lowest BCUT2D eigenvalue weighted by molar-refractivity contribution is -0.116. The fourth-order valence-electron chi connectivity index (χ4n) is 4.92. The molecule has 5 rings (SSSR count). The van der Waals surface area contributed by atoms with Crippen LogP contribution in [0.25, 0.3) is 0 Å². The minimum atomic E-state index is 0.133. The molecule has 1 saturated carbocycles. The molecule has 2 aliphatic rings. The first-order valence-electron chi connectivity index (χ1n) is 12.0. The summed E-state index contributed by atoms with van der Waals surface area (Å²) in [5.74, 6) is 2.19. The van der Waals surface area contributed by atoms with Crippen molar-refractivity contribution in [1.82, 2.24) is 14.8 Å². The summed E-state index contributed by atoms with van der Waals surface area (Å²) in [5, 5.41) is 9.74. The molecule has 0 unspecified atom stereocenters. The molecule has 1 amide bonds. The van der Waals surface area contributed by atoms with Gasteiger partial charge in [0.15, 0.2) is 5.16 Å². The van der Waals surface area contributed by atoms with E-state index in [4.69, 9.17) is 4.42 Å². The van der Waals surface area contributed by atoms with Gasteiger partial charge in [-0.3, -0.25) is 9.36 Å². The molecule has 3 heterocycles. The molecule has 174 valence electrons. The Hall–Kier alpha value is -2.74. The van der Waals surface area contributed by atoms with E-state index in [0.29, 0.717) is 12.3 Å². The number of carbonyl (C=O) groups is 1. The number of rotatable bonds is 8. The summed E-state index contributed by atoms with van der Waals surface area (Å²) in [6.07, 6.45) is 9.79. The number of benzene rings is 1. The highest BCUT2D eigenvalue weighted by Gasteiger charge is 2.28. The van der Waals surface area contributed by atoms with Crippen LogP contribution in [-0.4, -0.2) is 45.6 Å². The van der Waals surface area contributed by atoms with Gasteiger partial charge < -0.3 is 14.2 Å². The van der Waals surface area contributed by atoms with Crippen molar-refractivity contribution < 1.29 is 9.21 Å². The van der Waals surface area contributed by atoms with Crippen molar-refractivity contribution in [3.8, 4) is 0 Å². The van der Waals surface area contributed by atoms with Gasteiger partial charge in [-0.2, -0.15) is 0 Å². The van der Waals surface area contributed by atoms with E-state index in [1.807, 2.05) is 47.4 Å². The molecule has 0 N–H and O–H groups in total. The van der Waals surface area contributed by atoms with Gasteiger partial charge in [-0.05, 0) is 49.9 Å². The van der Waals surface area contributed by atoms with Gasteiger partial charge in [0.2, 0.25) is 11.9 Å². The van der Waals surface area contributed by atoms with Crippen LogP contribution < -0.4 is 9.80 Å². The van der Waals surface area contributed by atoms with Crippen molar-refractivity contribution >= 4 is 29.3 Å². The van der Waals surface area contributed by atoms with Gasteiger partial charge in [0.05, 0.1) is 18.6 Å². The van der Waals surface area contributed by atoms with Crippen molar-refractivity contribution in [3.63, 3.8) is 0 Å². The number of aromatic nitrogens is 3. The Labute approximate surface area is 199 Å².